The molecule has 1 saturated carbocycles. The van der Waals surface area contributed by atoms with Gasteiger partial charge in [0, 0.05) is 18.1 Å². The third-order valence-corrected chi connectivity index (χ3v) is 5.53. The van der Waals surface area contributed by atoms with Gasteiger partial charge in [-0.3, -0.25) is 4.90 Å². The minimum absolute atomic E-state index is 0.339. The lowest BCUT2D eigenvalue weighted by Crippen LogP contribution is -2.59. The predicted molar refractivity (Wildman–Crippen MR) is 78.7 cm³/mol. The average molecular weight is 252 g/mol. The van der Waals surface area contributed by atoms with Gasteiger partial charge in [0.1, 0.15) is 0 Å². The fraction of sp³-hybridized carbons (Fsp3) is 1.00. The van der Waals surface area contributed by atoms with Crippen molar-refractivity contribution in [2.75, 3.05) is 13.1 Å². The molecule has 18 heavy (non-hydrogen) atoms. The highest BCUT2D eigenvalue weighted by atomic mass is 15.2. The van der Waals surface area contributed by atoms with Gasteiger partial charge in [0.25, 0.3) is 0 Å². The summed E-state index contributed by atoms with van der Waals surface area (Å²) in [6, 6.07) is 0.802. The van der Waals surface area contributed by atoms with Crippen LogP contribution in [0.15, 0.2) is 0 Å². The van der Waals surface area contributed by atoms with E-state index in [0.717, 1.165) is 18.5 Å². The van der Waals surface area contributed by atoms with Crippen LogP contribution in [0.1, 0.15) is 71.6 Å². The van der Waals surface area contributed by atoms with E-state index in [1.54, 1.807) is 0 Å². The fourth-order valence-electron chi connectivity index (χ4n) is 4.22. The second kappa shape index (κ2) is 6.38. The summed E-state index contributed by atoms with van der Waals surface area (Å²) in [5, 5.41) is 0. The minimum atomic E-state index is 0.339. The number of hydrogen-bond acceptors (Lipinski definition) is 2. The SMILES string of the molecule is CCC1CCCCN1C1(CN)CCCC(C)CC1. The van der Waals surface area contributed by atoms with Crippen LogP contribution < -0.4 is 5.73 Å². The van der Waals surface area contributed by atoms with Gasteiger partial charge in [0.05, 0.1) is 0 Å². The van der Waals surface area contributed by atoms with Gasteiger partial charge in [-0.25, -0.2) is 0 Å². The van der Waals surface area contributed by atoms with Gasteiger partial charge in [-0.1, -0.05) is 33.1 Å². The minimum Gasteiger partial charge on any atom is -0.329 e. The van der Waals surface area contributed by atoms with E-state index < -0.39 is 0 Å². The van der Waals surface area contributed by atoms with Crippen molar-refractivity contribution in [3.8, 4) is 0 Å². The first-order valence-electron chi connectivity index (χ1n) is 8.18. The molecule has 0 amide bonds. The molecule has 2 heteroatoms. The summed E-state index contributed by atoms with van der Waals surface area (Å²) in [5.74, 6) is 0.906. The summed E-state index contributed by atoms with van der Waals surface area (Å²) in [6.07, 6.45) is 12.3. The zero-order valence-electron chi connectivity index (χ0n) is 12.5. The number of nitrogens with zero attached hydrogens (tertiary/aromatic N) is 1. The third kappa shape index (κ3) is 2.91. The standard InChI is InChI=1S/C16H32N2/c1-3-15-8-4-5-12-18(15)16(13-17)10-6-7-14(2)9-11-16/h14-15H,3-13,17H2,1-2H3. The van der Waals surface area contributed by atoms with Crippen molar-refractivity contribution in [1.29, 1.82) is 0 Å². The van der Waals surface area contributed by atoms with Gasteiger partial charge >= 0.3 is 0 Å². The molecule has 2 nitrogen and oxygen atoms in total. The Balaban J connectivity index is 2.13. The maximum atomic E-state index is 6.26. The highest BCUT2D eigenvalue weighted by Gasteiger charge is 2.40. The van der Waals surface area contributed by atoms with E-state index in [9.17, 15) is 0 Å². The second-order valence-electron chi connectivity index (χ2n) is 6.72. The first-order valence-corrected chi connectivity index (χ1v) is 8.18. The predicted octanol–water partition coefficient (Wildman–Crippen LogP) is 3.55. The molecular weight excluding hydrogens is 220 g/mol. The van der Waals surface area contributed by atoms with Crippen molar-refractivity contribution >= 4 is 0 Å². The Bertz CT molecular complexity index is 253. The molecule has 0 aromatic rings. The molecule has 2 aliphatic rings. The van der Waals surface area contributed by atoms with Crippen LogP contribution in [0.5, 0.6) is 0 Å². The van der Waals surface area contributed by atoms with Crippen molar-refractivity contribution in [3.63, 3.8) is 0 Å². The second-order valence-corrected chi connectivity index (χ2v) is 6.72. The van der Waals surface area contributed by atoms with Crippen LogP contribution >= 0.6 is 0 Å². The van der Waals surface area contributed by atoms with Gasteiger partial charge < -0.3 is 5.73 Å². The number of likely N-dealkylation sites (tertiary alicyclic amines) is 1. The zero-order valence-corrected chi connectivity index (χ0v) is 12.5. The average Bonchev–Trinajstić information content (AvgIpc) is 2.61. The molecule has 0 bridgehead atoms. The lowest BCUT2D eigenvalue weighted by Gasteiger charge is -2.49. The molecule has 0 spiro atoms. The van der Waals surface area contributed by atoms with Gasteiger partial charge in [-0.15, -0.1) is 0 Å². The van der Waals surface area contributed by atoms with E-state index in [-0.39, 0.29) is 0 Å². The molecule has 2 N–H and O–H groups in total. The van der Waals surface area contributed by atoms with Crippen LogP contribution in [0.4, 0.5) is 0 Å². The highest BCUT2D eigenvalue weighted by Crippen LogP contribution is 2.38. The molecule has 1 aliphatic carbocycles. The van der Waals surface area contributed by atoms with Crippen LogP contribution in [-0.4, -0.2) is 29.6 Å². The van der Waals surface area contributed by atoms with Crippen molar-refractivity contribution in [2.24, 2.45) is 11.7 Å². The maximum absolute atomic E-state index is 6.26. The summed E-state index contributed by atoms with van der Waals surface area (Å²) in [5.41, 5.74) is 6.60. The molecule has 2 rings (SSSR count). The van der Waals surface area contributed by atoms with Crippen LogP contribution in [0.25, 0.3) is 0 Å². The summed E-state index contributed by atoms with van der Waals surface area (Å²) < 4.78 is 0. The monoisotopic (exact) mass is 252 g/mol. The van der Waals surface area contributed by atoms with Crippen LogP contribution in [0, 0.1) is 5.92 Å². The van der Waals surface area contributed by atoms with E-state index >= 15 is 0 Å². The molecule has 2 fully saturated rings. The molecule has 3 atom stereocenters. The lowest BCUT2D eigenvalue weighted by molar-refractivity contribution is 0.00904. The topological polar surface area (TPSA) is 29.3 Å². The molecule has 1 aliphatic heterocycles. The van der Waals surface area contributed by atoms with Gasteiger partial charge in [0.15, 0.2) is 0 Å². The molecule has 3 unspecified atom stereocenters. The van der Waals surface area contributed by atoms with Crippen molar-refractivity contribution < 1.29 is 0 Å². The van der Waals surface area contributed by atoms with E-state index in [4.69, 9.17) is 5.73 Å². The molecule has 0 aromatic heterocycles. The van der Waals surface area contributed by atoms with Crippen molar-refractivity contribution in [3.05, 3.63) is 0 Å². The quantitative estimate of drug-likeness (QED) is 0.778. The van der Waals surface area contributed by atoms with E-state index in [1.165, 1.54) is 64.3 Å². The molecular formula is C16H32N2. The summed E-state index contributed by atoms with van der Waals surface area (Å²) in [6.45, 7) is 6.94. The molecule has 0 aromatic carbocycles. The first-order chi connectivity index (χ1) is 8.72. The van der Waals surface area contributed by atoms with E-state index in [2.05, 4.69) is 18.7 Å². The maximum Gasteiger partial charge on any atom is 0.0334 e. The Hall–Kier alpha value is -0.0800. The van der Waals surface area contributed by atoms with Crippen molar-refractivity contribution in [2.45, 2.75) is 83.2 Å². The molecule has 106 valence electrons. The van der Waals surface area contributed by atoms with Crippen LogP contribution in [0.3, 0.4) is 0 Å². The largest absolute Gasteiger partial charge is 0.329 e. The van der Waals surface area contributed by atoms with Gasteiger partial charge in [-0.2, -0.15) is 0 Å². The smallest absolute Gasteiger partial charge is 0.0334 e. The molecule has 0 radical (unpaired) electrons. The summed E-state index contributed by atoms with van der Waals surface area (Å²) in [4.78, 5) is 2.83. The lowest BCUT2D eigenvalue weighted by atomic mass is 9.83. The Labute approximate surface area is 113 Å². The van der Waals surface area contributed by atoms with Gasteiger partial charge in [-0.05, 0) is 51.0 Å². The molecule has 1 saturated heterocycles. The molecule has 1 heterocycles. The van der Waals surface area contributed by atoms with Gasteiger partial charge in [0.2, 0.25) is 0 Å². The zero-order chi connectivity index (χ0) is 13.0. The normalized spacial score (nSPS) is 39.5. The Morgan fingerprint density at radius 3 is 2.67 bits per heavy atom. The Morgan fingerprint density at radius 2 is 1.94 bits per heavy atom. The Morgan fingerprint density at radius 1 is 1.11 bits per heavy atom. The number of nitrogens with two attached hydrogens (primary N) is 1. The van der Waals surface area contributed by atoms with Crippen LogP contribution in [-0.2, 0) is 0 Å². The Kier molecular flexibility index (Phi) is 5.08. The van der Waals surface area contributed by atoms with E-state index in [0.29, 0.717) is 5.54 Å². The van der Waals surface area contributed by atoms with E-state index in [1.807, 2.05) is 0 Å². The highest BCUT2D eigenvalue weighted by molar-refractivity contribution is 4.97. The van der Waals surface area contributed by atoms with Crippen molar-refractivity contribution in [1.82, 2.24) is 4.90 Å². The van der Waals surface area contributed by atoms with Crippen LogP contribution in [0.2, 0.25) is 0 Å². The summed E-state index contributed by atoms with van der Waals surface area (Å²) >= 11 is 0. The number of rotatable bonds is 3. The first kappa shape index (κ1) is 14.3. The third-order valence-electron chi connectivity index (χ3n) is 5.53. The fourth-order valence-corrected chi connectivity index (χ4v) is 4.22. The number of piperidine rings is 1. The number of hydrogen-bond donors (Lipinski definition) is 1. The summed E-state index contributed by atoms with van der Waals surface area (Å²) in [7, 11) is 0.